The molecule has 144 valence electrons. The van der Waals surface area contributed by atoms with Gasteiger partial charge in [0.1, 0.15) is 19.6 Å². The third-order valence-corrected chi connectivity index (χ3v) is 7.37. The molecule has 1 aliphatic rings. The first-order chi connectivity index (χ1) is 13.3. The Morgan fingerprint density at radius 2 is 1.93 bits per heavy atom. The smallest absolute Gasteiger partial charge is 0.357 e. The van der Waals surface area contributed by atoms with Gasteiger partial charge in [0.2, 0.25) is 16.1 Å². The second-order valence-electron chi connectivity index (χ2n) is 7.16. The van der Waals surface area contributed by atoms with E-state index in [1.54, 1.807) is 0 Å². The standard InChI is InChI=1S/C21H18Br2N2O3/c1-13-5-4-7-15(20(13)22)21(28)25(23)10-9-18-16(12-25)14-6-2-3-8-17(14)24(18)11-19(26)27/h2-8H,9-12H2,1H3/p+1. The first-order valence-electron chi connectivity index (χ1n) is 8.99. The van der Waals surface area contributed by atoms with Gasteiger partial charge in [-0.2, -0.15) is 3.51 Å². The SMILES string of the molecule is Cc1cccc(C(=O)[N+]2(Br)CCc3c(c4ccccc4n3CC(=O)O)C2)c1Br. The number of carboxylic acid groups (broad SMARTS) is 1. The molecule has 28 heavy (non-hydrogen) atoms. The van der Waals surface area contributed by atoms with Crippen LogP contribution < -0.4 is 0 Å². The van der Waals surface area contributed by atoms with Gasteiger partial charge in [0, 0.05) is 33.1 Å². The highest BCUT2D eigenvalue weighted by Gasteiger charge is 2.42. The molecule has 1 atom stereocenters. The van der Waals surface area contributed by atoms with Gasteiger partial charge in [0.25, 0.3) is 0 Å². The van der Waals surface area contributed by atoms with Gasteiger partial charge in [-0.1, -0.05) is 30.3 Å². The largest absolute Gasteiger partial charge is 0.480 e. The number of benzene rings is 2. The average Bonchev–Trinajstić information content (AvgIpc) is 2.96. The Kier molecular flexibility index (Phi) is 4.93. The van der Waals surface area contributed by atoms with Crippen LogP contribution >= 0.6 is 32.1 Å². The van der Waals surface area contributed by atoms with Gasteiger partial charge in [0.15, 0.2) is 0 Å². The van der Waals surface area contributed by atoms with Crippen LogP contribution in [-0.4, -0.2) is 31.6 Å². The zero-order valence-corrected chi connectivity index (χ0v) is 18.5. The number of para-hydroxylation sites is 1. The van der Waals surface area contributed by atoms with E-state index in [0.29, 0.717) is 25.1 Å². The molecule has 3 aromatic rings. The van der Waals surface area contributed by atoms with E-state index in [-0.39, 0.29) is 16.0 Å². The molecule has 1 N–H and O–H groups in total. The van der Waals surface area contributed by atoms with Crippen LogP contribution in [0.15, 0.2) is 46.9 Å². The summed E-state index contributed by atoms with van der Waals surface area (Å²) in [6.45, 7) is 2.92. The fraction of sp³-hybridized carbons (Fsp3) is 0.238. The third kappa shape index (κ3) is 3.11. The van der Waals surface area contributed by atoms with Crippen LogP contribution in [-0.2, 0) is 24.3 Å². The van der Waals surface area contributed by atoms with Crippen LogP contribution in [0.3, 0.4) is 0 Å². The van der Waals surface area contributed by atoms with E-state index < -0.39 is 5.97 Å². The van der Waals surface area contributed by atoms with Crippen molar-refractivity contribution in [3.63, 3.8) is 0 Å². The number of aromatic nitrogens is 1. The van der Waals surface area contributed by atoms with Crippen LogP contribution in [0, 0.1) is 6.92 Å². The molecule has 0 spiro atoms. The van der Waals surface area contributed by atoms with Crippen LogP contribution in [0.4, 0.5) is 0 Å². The van der Waals surface area contributed by atoms with Crippen molar-refractivity contribution in [2.24, 2.45) is 0 Å². The molecular weight excluding hydrogens is 488 g/mol. The summed E-state index contributed by atoms with van der Waals surface area (Å²) < 4.78 is 2.77. The molecule has 0 fully saturated rings. The molecule has 1 amide bonds. The van der Waals surface area contributed by atoms with Gasteiger partial charge in [-0.15, -0.1) is 0 Å². The van der Waals surface area contributed by atoms with Crippen molar-refractivity contribution in [2.75, 3.05) is 6.54 Å². The lowest BCUT2D eigenvalue weighted by Crippen LogP contribution is -2.47. The predicted octanol–water partition coefficient (Wildman–Crippen LogP) is 4.82. The summed E-state index contributed by atoms with van der Waals surface area (Å²) in [6, 6.07) is 13.5. The molecule has 4 rings (SSSR count). The van der Waals surface area contributed by atoms with E-state index in [4.69, 9.17) is 0 Å². The number of carbonyl (C=O) groups excluding carboxylic acids is 1. The predicted molar refractivity (Wildman–Crippen MR) is 114 cm³/mol. The first-order valence-corrected chi connectivity index (χ1v) is 10.5. The number of hydrogen-bond donors (Lipinski definition) is 1. The molecule has 0 saturated heterocycles. The molecule has 2 aromatic carbocycles. The van der Waals surface area contributed by atoms with Crippen molar-refractivity contribution < 1.29 is 18.2 Å². The van der Waals surface area contributed by atoms with Crippen LogP contribution in [0.5, 0.6) is 0 Å². The van der Waals surface area contributed by atoms with E-state index in [2.05, 4.69) is 32.1 Å². The highest BCUT2D eigenvalue weighted by atomic mass is 79.9. The summed E-state index contributed by atoms with van der Waals surface area (Å²) in [5.74, 6) is -0.871. The maximum absolute atomic E-state index is 13.4. The third-order valence-electron chi connectivity index (χ3n) is 5.39. The number of aryl methyl sites for hydroxylation is 1. The van der Waals surface area contributed by atoms with Crippen molar-refractivity contribution in [3.8, 4) is 0 Å². The van der Waals surface area contributed by atoms with Gasteiger partial charge in [-0.25, -0.2) is 4.79 Å². The molecule has 7 heteroatoms. The Labute approximate surface area is 179 Å². The normalized spacial score (nSPS) is 18.8. The molecule has 1 unspecified atom stereocenters. The number of nitrogens with zero attached hydrogens (tertiary/aromatic N) is 2. The number of hydrogen-bond acceptors (Lipinski definition) is 2. The van der Waals surface area contributed by atoms with Gasteiger partial charge in [0.05, 0.1) is 5.56 Å². The number of aliphatic carboxylic acids is 1. The topological polar surface area (TPSA) is 59.3 Å². The highest BCUT2D eigenvalue weighted by molar-refractivity contribution is 9.10. The molecule has 2 heterocycles. The Morgan fingerprint density at radius 1 is 1.18 bits per heavy atom. The molecule has 0 aliphatic carbocycles. The Morgan fingerprint density at radius 3 is 2.68 bits per heavy atom. The summed E-state index contributed by atoms with van der Waals surface area (Å²) in [5.41, 5.74) is 4.61. The minimum atomic E-state index is -0.867. The molecule has 0 saturated carbocycles. The first kappa shape index (κ1) is 19.4. The Hall–Kier alpha value is -1.96. The fourth-order valence-electron chi connectivity index (χ4n) is 4.02. The van der Waals surface area contributed by atoms with Gasteiger partial charge in [-0.05, 0) is 40.5 Å². The average molecular weight is 507 g/mol. The van der Waals surface area contributed by atoms with Crippen molar-refractivity contribution >= 4 is 54.9 Å². The fourth-order valence-corrected chi connectivity index (χ4v) is 5.07. The highest BCUT2D eigenvalue weighted by Crippen LogP contribution is 2.38. The molecule has 1 aromatic heterocycles. The van der Waals surface area contributed by atoms with Gasteiger partial charge >= 0.3 is 11.9 Å². The monoisotopic (exact) mass is 505 g/mol. The minimum absolute atomic E-state index is 0.00343. The molecular formula is C21H19Br2N2O3+. The number of amides is 1. The zero-order chi connectivity index (χ0) is 20.1. The molecule has 5 nitrogen and oxygen atoms in total. The van der Waals surface area contributed by atoms with Crippen LogP contribution in [0.2, 0.25) is 0 Å². The summed E-state index contributed by atoms with van der Waals surface area (Å²) in [7, 11) is 0. The van der Waals surface area contributed by atoms with Crippen molar-refractivity contribution in [1.82, 2.24) is 4.57 Å². The summed E-state index contributed by atoms with van der Waals surface area (Å²) in [4.78, 5) is 24.8. The second-order valence-corrected chi connectivity index (χ2v) is 9.31. The maximum atomic E-state index is 13.4. The molecule has 0 radical (unpaired) electrons. The number of carbonyl (C=O) groups is 2. The van der Waals surface area contributed by atoms with E-state index in [1.165, 1.54) is 0 Å². The Bertz CT molecular complexity index is 1120. The van der Waals surface area contributed by atoms with E-state index in [1.807, 2.05) is 54.0 Å². The van der Waals surface area contributed by atoms with Crippen LogP contribution in [0.25, 0.3) is 10.9 Å². The van der Waals surface area contributed by atoms with Gasteiger partial charge < -0.3 is 9.67 Å². The lowest BCUT2D eigenvalue weighted by atomic mass is 10.0. The van der Waals surface area contributed by atoms with Gasteiger partial charge in [-0.3, -0.25) is 4.79 Å². The summed E-state index contributed by atoms with van der Waals surface area (Å²) >= 11 is 7.27. The summed E-state index contributed by atoms with van der Waals surface area (Å²) in [6.07, 6.45) is 0.623. The molecule has 1 aliphatic heterocycles. The second kappa shape index (κ2) is 7.13. The Balaban J connectivity index is 1.80. The van der Waals surface area contributed by atoms with E-state index >= 15 is 0 Å². The van der Waals surface area contributed by atoms with Crippen molar-refractivity contribution in [2.45, 2.75) is 26.4 Å². The number of fused-ring (bicyclic) bond motifs is 3. The lowest BCUT2D eigenvalue weighted by Gasteiger charge is -2.32. The minimum Gasteiger partial charge on any atom is -0.480 e. The van der Waals surface area contributed by atoms with Crippen molar-refractivity contribution in [1.29, 1.82) is 0 Å². The van der Waals surface area contributed by atoms with Crippen LogP contribution in [0.1, 0.15) is 27.2 Å². The van der Waals surface area contributed by atoms with E-state index in [0.717, 1.165) is 32.2 Å². The number of rotatable bonds is 3. The summed E-state index contributed by atoms with van der Waals surface area (Å²) in [5, 5.41) is 10.4. The number of quaternary nitrogens is 1. The maximum Gasteiger partial charge on any atom is 0.357 e. The number of halogens is 2. The zero-order valence-electron chi connectivity index (χ0n) is 15.3. The number of carboxylic acids is 1. The van der Waals surface area contributed by atoms with Crippen molar-refractivity contribution in [3.05, 3.63) is 69.3 Å². The quantitative estimate of drug-likeness (QED) is 0.518. The molecule has 0 bridgehead atoms. The lowest BCUT2D eigenvalue weighted by molar-refractivity contribution is -0.710. The van der Waals surface area contributed by atoms with E-state index in [9.17, 15) is 14.7 Å².